The number of hydrogen-bond donors (Lipinski definition) is 2. The van der Waals surface area contributed by atoms with Gasteiger partial charge in [0.25, 0.3) is 0 Å². The van der Waals surface area contributed by atoms with Crippen molar-refractivity contribution < 1.29 is 9.18 Å². The van der Waals surface area contributed by atoms with Crippen molar-refractivity contribution in [1.82, 2.24) is 0 Å². The second-order valence-electron chi connectivity index (χ2n) is 3.04. The molecule has 4 heteroatoms. The van der Waals surface area contributed by atoms with Crippen LogP contribution in [0.25, 0.3) is 0 Å². The number of fused-ring (bicyclic) bond motifs is 1. The van der Waals surface area contributed by atoms with Crippen LogP contribution in [0.3, 0.4) is 0 Å². The van der Waals surface area contributed by atoms with Crippen molar-refractivity contribution in [2.24, 2.45) is 0 Å². The number of carbonyl (C=O) groups is 1. The molecule has 2 rings (SSSR count). The molecule has 1 aromatic rings. The van der Waals surface area contributed by atoms with Crippen molar-refractivity contribution in [2.75, 3.05) is 11.1 Å². The number of carbonyl (C=O) groups excluding carboxylic acids is 1. The van der Waals surface area contributed by atoms with E-state index in [0.717, 1.165) is 0 Å². The normalized spacial score (nSPS) is 15.0. The van der Waals surface area contributed by atoms with E-state index in [1.807, 2.05) is 0 Å². The number of rotatable bonds is 0. The van der Waals surface area contributed by atoms with Crippen molar-refractivity contribution in [3.63, 3.8) is 0 Å². The van der Waals surface area contributed by atoms with Crippen LogP contribution in [0.2, 0.25) is 0 Å². The van der Waals surface area contributed by atoms with E-state index in [9.17, 15) is 9.18 Å². The van der Waals surface area contributed by atoms with Gasteiger partial charge in [0.05, 0.1) is 5.69 Å². The summed E-state index contributed by atoms with van der Waals surface area (Å²) >= 11 is 0. The molecule has 0 aliphatic carbocycles. The molecule has 0 radical (unpaired) electrons. The Labute approximate surface area is 74.7 Å². The van der Waals surface area contributed by atoms with Gasteiger partial charge in [0.2, 0.25) is 5.91 Å². The number of nitrogens with one attached hydrogen (secondary N) is 1. The smallest absolute Gasteiger partial charge is 0.224 e. The lowest BCUT2D eigenvalue weighted by Crippen LogP contribution is -2.21. The third kappa shape index (κ3) is 1.24. The van der Waals surface area contributed by atoms with Crippen LogP contribution in [-0.4, -0.2) is 5.91 Å². The maximum absolute atomic E-state index is 13.2. The number of benzene rings is 1. The van der Waals surface area contributed by atoms with Gasteiger partial charge in [-0.15, -0.1) is 0 Å². The molecule has 0 fully saturated rings. The molecule has 0 saturated carbocycles. The third-order valence-electron chi connectivity index (χ3n) is 2.16. The summed E-state index contributed by atoms with van der Waals surface area (Å²) in [7, 11) is 0. The lowest BCUT2D eigenvalue weighted by atomic mass is 10.0. The molecule has 13 heavy (non-hydrogen) atoms. The summed E-state index contributed by atoms with van der Waals surface area (Å²) in [6.07, 6.45) is 0.894. The molecule has 1 amide bonds. The minimum Gasteiger partial charge on any atom is -0.398 e. The fraction of sp³-hybridized carbons (Fsp3) is 0.222. The van der Waals surface area contributed by atoms with Crippen LogP contribution in [0.5, 0.6) is 0 Å². The van der Waals surface area contributed by atoms with Crippen LogP contribution >= 0.6 is 0 Å². The van der Waals surface area contributed by atoms with Crippen LogP contribution in [0.1, 0.15) is 12.0 Å². The van der Waals surface area contributed by atoms with E-state index in [1.54, 1.807) is 0 Å². The summed E-state index contributed by atoms with van der Waals surface area (Å²) in [5.74, 6) is -0.575. The predicted molar refractivity (Wildman–Crippen MR) is 47.8 cm³/mol. The second kappa shape index (κ2) is 2.73. The van der Waals surface area contributed by atoms with Crippen molar-refractivity contribution in [2.45, 2.75) is 12.8 Å². The number of hydrogen-bond acceptors (Lipinski definition) is 2. The first kappa shape index (κ1) is 8.04. The fourth-order valence-corrected chi connectivity index (χ4v) is 1.48. The molecule has 0 saturated heterocycles. The van der Waals surface area contributed by atoms with E-state index >= 15 is 0 Å². The maximum Gasteiger partial charge on any atom is 0.224 e. The molecule has 0 aromatic heterocycles. The summed E-state index contributed by atoms with van der Waals surface area (Å²) in [6, 6.07) is 2.78. The summed E-state index contributed by atoms with van der Waals surface area (Å²) < 4.78 is 13.2. The number of nitrogens with two attached hydrogens (primary N) is 1. The molecule has 0 unspecified atom stereocenters. The SMILES string of the molecule is Nc1ccc(F)c2c1CCC(=O)N2. The monoisotopic (exact) mass is 180 g/mol. The molecule has 1 aliphatic heterocycles. The molecule has 3 N–H and O–H groups in total. The van der Waals surface area contributed by atoms with Crippen molar-refractivity contribution in [3.8, 4) is 0 Å². The Hall–Kier alpha value is -1.58. The van der Waals surface area contributed by atoms with Gasteiger partial charge in [-0.3, -0.25) is 4.79 Å². The fourth-order valence-electron chi connectivity index (χ4n) is 1.48. The summed E-state index contributed by atoms with van der Waals surface area (Å²) in [4.78, 5) is 11.0. The van der Waals surface area contributed by atoms with Gasteiger partial charge in [-0.1, -0.05) is 0 Å². The zero-order valence-corrected chi connectivity index (χ0v) is 6.93. The highest BCUT2D eigenvalue weighted by atomic mass is 19.1. The van der Waals surface area contributed by atoms with Crippen molar-refractivity contribution in [1.29, 1.82) is 0 Å². The average Bonchev–Trinajstić information content (AvgIpc) is 2.12. The van der Waals surface area contributed by atoms with Crippen LogP contribution in [0, 0.1) is 5.82 Å². The van der Waals surface area contributed by atoms with Gasteiger partial charge in [0, 0.05) is 17.7 Å². The zero-order chi connectivity index (χ0) is 9.42. The number of amides is 1. The molecule has 0 bridgehead atoms. The molecule has 1 aromatic carbocycles. The molecule has 3 nitrogen and oxygen atoms in total. The first-order valence-corrected chi connectivity index (χ1v) is 4.05. The van der Waals surface area contributed by atoms with E-state index in [1.165, 1.54) is 12.1 Å². The van der Waals surface area contributed by atoms with Crippen LogP contribution in [0.4, 0.5) is 15.8 Å². The Kier molecular flexibility index (Phi) is 1.69. The van der Waals surface area contributed by atoms with Crippen molar-refractivity contribution in [3.05, 3.63) is 23.5 Å². The van der Waals surface area contributed by atoms with E-state index in [2.05, 4.69) is 5.32 Å². The van der Waals surface area contributed by atoms with E-state index < -0.39 is 5.82 Å². The molecular formula is C9H9FN2O. The van der Waals surface area contributed by atoms with Crippen LogP contribution < -0.4 is 11.1 Å². The molecule has 0 atom stereocenters. The third-order valence-corrected chi connectivity index (χ3v) is 2.16. The summed E-state index contributed by atoms with van der Waals surface area (Å²) in [5, 5.41) is 2.48. The van der Waals surface area contributed by atoms with Crippen molar-refractivity contribution >= 4 is 17.3 Å². The van der Waals surface area contributed by atoms with Gasteiger partial charge in [0.1, 0.15) is 5.82 Å². The average molecular weight is 180 g/mol. The standard InChI is InChI=1S/C9H9FN2O/c10-6-2-3-7(11)5-1-4-8(13)12-9(5)6/h2-3H,1,4,11H2,(H,12,13). The Balaban J connectivity index is 2.57. The molecule has 1 aliphatic rings. The van der Waals surface area contributed by atoms with Gasteiger partial charge in [0.15, 0.2) is 0 Å². The largest absolute Gasteiger partial charge is 0.398 e. The number of anilines is 2. The molecule has 1 heterocycles. The molecular weight excluding hydrogens is 171 g/mol. The van der Waals surface area contributed by atoms with Crippen LogP contribution in [-0.2, 0) is 11.2 Å². The van der Waals surface area contributed by atoms with Gasteiger partial charge >= 0.3 is 0 Å². The number of nitrogen functional groups attached to an aromatic ring is 1. The molecule has 68 valence electrons. The van der Waals surface area contributed by atoms with Crippen LogP contribution in [0.15, 0.2) is 12.1 Å². The first-order chi connectivity index (χ1) is 6.18. The van der Waals surface area contributed by atoms with Gasteiger partial charge in [-0.25, -0.2) is 4.39 Å². The maximum atomic E-state index is 13.2. The highest BCUT2D eigenvalue weighted by Gasteiger charge is 2.19. The van der Waals surface area contributed by atoms with E-state index in [-0.39, 0.29) is 11.6 Å². The lowest BCUT2D eigenvalue weighted by Gasteiger charge is -2.18. The highest BCUT2D eigenvalue weighted by molar-refractivity contribution is 5.95. The quantitative estimate of drug-likeness (QED) is 0.591. The zero-order valence-electron chi connectivity index (χ0n) is 6.93. The predicted octanol–water partition coefficient (Wildman–Crippen LogP) is 1.29. The van der Waals surface area contributed by atoms with E-state index in [0.29, 0.717) is 24.1 Å². The molecule has 0 spiro atoms. The van der Waals surface area contributed by atoms with Gasteiger partial charge < -0.3 is 11.1 Å². The second-order valence-corrected chi connectivity index (χ2v) is 3.04. The Morgan fingerprint density at radius 1 is 1.38 bits per heavy atom. The Morgan fingerprint density at radius 3 is 2.92 bits per heavy atom. The Morgan fingerprint density at radius 2 is 2.15 bits per heavy atom. The first-order valence-electron chi connectivity index (χ1n) is 4.05. The van der Waals surface area contributed by atoms with E-state index in [4.69, 9.17) is 5.73 Å². The number of halogens is 1. The highest BCUT2D eigenvalue weighted by Crippen LogP contribution is 2.29. The van der Waals surface area contributed by atoms with Gasteiger partial charge in [-0.2, -0.15) is 0 Å². The summed E-state index contributed by atoms with van der Waals surface area (Å²) in [6.45, 7) is 0. The van der Waals surface area contributed by atoms with Gasteiger partial charge in [-0.05, 0) is 18.6 Å². The Bertz CT molecular complexity index is 376. The topological polar surface area (TPSA) is 55.1 Å². The summed E-state index contributed by atoms with van der Waals surface area (Å²) in [5.41, 5.74) is 7.13. The lowest BCUT2D eigenvalue weighted by molar-refractivity contribution is -0.116. The minimum absolute atomic E-state index is 0.156. The minimum atomic E-state index is -0.419.